The molecule has 0 aliphatic rings. The maximum absolute atomic E-state index is 13.8. The second kappa shape index (κ2) is 5.44. The molecule has 0 heterocycles. The van der Waals surface area contributed by atoms with E-state index in [1.54, 1.807) is 0 Å². The van der Waals surface area contributed by atoms with Crippen molar-refractivity contribution in [1.29, 1.82) is 0 Å². The van der Waals surface area contributed by atoms with Crippen molar-refractivity contribution in [1.82, 2.24) is 0 Å². The van der Waals surface area contributed by atoms with Crippen LogP contribution in [-0.4, -0.2) is 0 Å². The lowest BCUT2D eigenvalue weighted by atomic mass is 9.99. The second-order valence-electron chi connectivity index (χ2n) is 4.61. The van der Waals surface area contributed by atoms with Crippen molar-refractivity contribution in [3.05, 3.63) is 69.8 Å². The Kier molecular flexibility index (Phi) is 4.04. The first-order valence-electron chi connectivity index (χ1n) is 5.86. The molecule has 106 valence electrons. The van der Waals surface area contributed by atoms with Gasteiger partial charge in [-0.1, -0.05) is 0 Å². The van der Waals surface area contributed by atoms with Crippen LogP contribution in [0.5, 0.6) is 0 Å². The monoisotopic (exact) mass is 302 g/mol. The quantitative estimate of drug-likeness (QED) is 0.529. The van der Waals surface area contributed by atoms with Gasteiger partial charge in [0.25, 0.3) is 0 Å². The Bertz CT molecular complexity index is 610. The number of aryl methyl sites for hydroxylation is 2. The lowest BCUT2D eigenvalue weighted by Gasteiger charge is -2.14. The van der Waals surface area contributed by atoms with Gasteiger partial charge in [-0.2, -0.15) is 0 Å². The molecule has 0 atom stereocenters. The maximum Gasteiger partial charge on any atom is 0.131 e. The minimum atomic E-state index is -1.16. The van der Waals surface area contributed by atoms with E-state index in [2.05, 4.69) is 0 Å². The zero-order valence-electron chi connectivity index (χ0n) is 10.8. The smallest absolute Gasteiger partial charge is 0.131 e. The predicted molar refractivity (Wildman–Crippen MR) is 69.9 cm³/mol. The summed E-state index contributed by atoms with van der Waals surface area (Å²) < 4.78 is 53.9. The van der Waals surface area contributed by atoms with Gasteiger partial charge in [-0.15, -0.1) is 11.6 Å². The van der Waals surface area contributed by atoms with Crippen molar-refractivity contribution in [2.75, 3.05) is 0 Å². The highest BCUT2D eigenvalue weighted by atomic mass is 35.5. The summed E-state index contributed by atoms with van der Waals surface area (Å²) in [5.74, 6) is -3.14. The molecule has 5 heteroatoms. The molecule has 0 aromatic heterocycles. The fourth-order valence-corrected chi connectivity index (χ4v) is 2.25. The minimum absolute atomic E-state index is 0.0459. The first kappa shape index (κ1) is 14.9. The average Bonchev–Trinajstić information content (AvgIpc) is 2.37. The van der Waals surface area contributed by atoms with Crippen LogP contribution in [0.1, 0.15) is 27.6 Å². The summed E-state index contributed by atoms with van der Waals surface area (Å²) in [4.78, 5) is 0. The van der Waals surface area contributed by atoms with Gasteiger partial charge in [-0.3, -0.25) is 0 Å². The van der Waals surface area contributed by atoms with E-state index in [1.165, 1.54) is 26.0 Å². The molecule has 20 heavy (non-hydrogen) atoms. The Balaban J connectivity index is 2.54. The average molecular weight is 303 g/mol. The van der Waals surface area contributed by atoms with Gasteiger partial charge in [0, 0.05) is 23.3 Å². The summed E-state index contributed by atoms with van der Waals surface area (Å²) in [7, 11) is 0. The molecule has 2 aromatic carbocycles. The van der Waals surface area contributed by atoms with E-state index < -0.39 is 28.6 Å². The van der Waals surface area contributed by atoms with Crippen LogP contribution in [0.3, 0.4) is 0 Å². The van der Waals surface area contributed by atoms with E-state index in [-0.39, 0.29) is 22.3 Å². The van der Waals surface area contributed by atoms with Crippen LogP contribution in [0.25, 0.3) is 0 Å². The molecule has 0 saturated carbocycles. The summed E-state index contributed by atoms with van der Waals surface area (Å²) >= 11 is 6.07. The van der Waals surface area contributed by atoms with Crippen molar-refractivity contribution in [3.63, 3.8) is 0 Å². The molecule has 0 radical (unpaired) electrons. The van der Waals surface area contributed by atoms with Crippen LogP contribution in [-0.2, 0) is 0 Å². The van der Waals surface area contributed by atoms with Crippen molar-refractivity contribution in [2.45, 2.75) is 19.2 Å². The Labute approximate surface area is 119 Å². The van der Waals surface area contributed by atoms with Gasteiger partial charge in [0.05, 0.1) is 5.38 Å². The predicted octanol–water partition coefficient (Wildman–Crippen LogP) is 5.19. The molecule has 0 unspecified atom stereocenters. The van der Waals surface area contributed by atoms with E-state index in [4.69, 9.17) is 11.6 Å². The standard InChI is InChI=1S/C15H11ClF4/c1-7-3-9(13(19)5-11(7)17)15(16)10-4-8(2)12(18)6-14(10)20/h3-6,15H,1-2H3. The minimum Gasteiger partial charge on any atom is -0.207 e. The van der Waals surface area contributed by atoms with Crippen LogP contribution in [0.15, 0.2) is 24.3 Å². The zero-order chi connectivity index (χ0) is 15.0. The fraction of sp³-hybridized carbons (Fsp3) is 0.200. The van der Waals surface area contributed by atoms with Gasteiger partial charge in [-0.25, -0.2) is 17.6 Å². The summed E-state index contributed by atoms with van der Waals surface area (Å²) in [6, 6.07) is 3.85. The molecular weight excluding hydrogens is 292 g/mol. The third-order valence-corrected chi connectivity index (χ3v) is 3.57. The van der Waals surface area contributed by atoms with Gasteiger partial charge in [-0.05, 0) is 37.1 Å². The molecule has 0 bridgehead atoms. The Morgan fingerprint density at radius 3 is 1.40 bits per heavy atom. The molecule has 0 N–H and O–H groups in total. The first-order chi connectivity index (χ1) is 9.31. The zero-order valence-corrected chi connectivity index (χ0v) is 11.5. The van der Waals surface area contributed by atoms with Crippen LogP contribution >= 0.6 is 11.6 Å². The molecule has 0 fully saturated rings. The molecule has 0 spiro atoms. The molecule has 0 aliphatic carbocycles. The molecule has 0 saturated heterocycles. The van der Waals surface area contributed by atoms with E-state index in [0.29, 0.717) is 12.1 Å². The highest BCUT2D eigenvalue weighted by Crippen LogP contribution is 2.34. The highest BCUT2D eigenvalue weighted by Gasteiger charge is 2.21. The van der Waals surface area contributed by atoms with Gasteiger partial charge >= 0.3 is 0 Å². The van der Waals surface area contributed by atoms with Crippen molar-refractivity contribution < 1.29 is 17.6 Å². The van der Waals surface area contributed by atoms with E-state index in [1.807, 2.05) is 0 Å². The van der Waals surface area contributed by atoms with E-state index in [9.17, 15) is 17.6 Å². The maximum atomic E-state index is 13.8. The van der Waals surface area contributed by atoms with Crippen LogP contribution < -0.4 is 0 Å². The SMILES string of the molecule is Cc1cc(C(Cl)c2cc(C)c(F)cc2F)c(F)cc1F. The van der Waals surface area contributed by atoms with Crippen molar-refractivity contribution in [2.24, 2.45) is 0 Å². The number of benzene rings is 2. The van der Waals surface area contributed by atoms with Crippen LogP contribution in [0.4, 0.5) is 17.6 Å². The lowest BCUT2D eigenvalue weighted by molar-refractivity contribution is 0.557. The largest absolute Gasteiger partial charge is 0.207 e. The molecule has 2 aromatic rings. The van der Waals surface area contributed by atoms with E-state index >= 15 is 0 Å². The Morgan fingerprint density at radius 1 is 0.700 bits per heavy atom. The van der Waals surface area contributed by atoms with Crippen LogP contribution in [0.2, 0.25) is 0 Å². The molecule has 0 aliphatic heterocycles. The summed E-state index contributed by atoms with van der Waals surface area (Å²) in [5, 5.41) is -1.16. The molecule has 2 rings (SSSR count). The number of halogens is 5. The summed E-state index contributed by atoms with van der Waals surface area (Å²) in [6.07, 6.45) is 0. The topological polar surface area (TPSA) is 0 Å². The highest BCUT2D eigenvalue weighted by molar-refractivity contribution is 6.22. The number of rotatable bonds is 2. The van der Waals surface area contributed by atoms with Crippen molar-refractivity contribution in [3.8, 4) is 0 Å². The van der Waals surface area contributed by atoms with E-state index in [0.717, 1.165) is 0 Å². The second-order valence-corrected chi connectivity index (χ2v) is 5.04. The number of hydrogen-bond donors (Lipinski definition) is 0. The van der Waals surface area contributed by atoms with Gasteiger partial charge in [0.15, 0.2) is 0 Å². The fourth-order valence-electron chi connectivity index (χ4n) is 1.92. The Morgan fingerprint density at radius 2 is 1.05 bits per heavy atom. The van der Waals surface area contributed by atoms with Gasteiger partial charge in [0.1, 0.15) is 23.3 Å². The van der Waals surface area contributed by atoms with Gasteiger partial charge in [0.2, 0.25) is 0 Å². The van der Waals surface area contributed by atoms with Crippen molar-refractivity contribution >= 4 is 11.6 Å². The number of hydrogen-bond acceptors (Lipinski definition) is 0. The first-order valence-corrected chi connectivity index (χ1v) is 6.30. The summed E-state index contributed by atoms with van der Waals surface area (Å²) in [6.45, 7) is 2.91. The summed E-state index contributed by atoms with van der Waals surface area (Å²) in [5.41, 5.74) is 0.309. The van der Waals surface area contributed by atoms with Crippen LogP contribution in [0, 0.1) is 37.1 Å². The van der Waals surface area contributed by atoms with Gasteiger partial charge < -0.3 is 0 Å². The third-order valence-electron chi connectivity index (χ3n) is 3.10. The normalized spacial score (nSPS) is 11.2. The third kappa shape index (κ3) is 2.66. The lowest BCUT2D eigenvalue weighted by Crippen LogP contribution is -2.03. The molecular formula is C15H11ClF4. The molecule has 0 amide bonds. The molecule has 0 nitrogen and oxygen atoms in total. The number of alkyl halides is 1. The Hall–Kier alpha value is -1.55.